The van der Waals surface area contributed by atoms with Crippen LogP contribution in [0.4, 0.5) is 0 Å². The molecule has 1 unspecified atom stereocenters. The first-order valence-electron chi connectivity index (χ1n) is 9.28. The first-order valence-corrected chi connectivity index (χ1v) is 9.28. The zero-order chi connectivity index (χ0) is 19.8. The quantitative estimate of drug-likeness (QED) is 0.581. The summed E-state index contributed by atoms with van der Waals surface area (Å²) in [5, 5.41) is 3.66. The van der Waals surface area contributed by atoms with Crippen molar-refractivity contribution in [3.05, 3.63) is 102 Å². The minimum absolute atomic E-state index is 0.0563. The maximum atomic E-state index is 12.1. The fourth-order valence-corrected chi connectivity index (χ4v) is 3.24. The molecule has 3 rings (SSSR count). The molecule has 0 spiro atoms. The summed E-state index contributed by atoms with van der Waals surface area (Å²) in [6.07, 6.45) is 0.235. The first-order chi connectivity index (χ1) is 13.7. The molecule has 4 nitrogen and oxygen atoms in total. The smallest absolute Gasteiger partial charge is 0.307 e. The predicted molar refractivity (Wildman–Crippen MR) is 110 cm³/mol. The van der Waals surface area contributed by atoms with Crippen LogP contribution in [-0.4, -0.2) is 20.2 Å². The highest BCUT2D eigenvalue weighted by Gasteiger charge is 2.22. The minimum atomic E-state index is -0.256. The second kappa shape index (κ2) is 9.72. The highest BCUT2D eigenvalue weighted by Crippen LogP contribution is 2.28. The number of hydrogen-bond donors (Lipinski definition) is 1. The highest BCUT2D eigenvalue weighted by molar-refractivity contribution is 5.70. The van der Waals surface area contributed by atoms with Gasteiger partial charge in [-0.15, -0.1) is 0 Å². The van der Waals surface area contributed by atoms with Crippen LogP contribution in [0.15, 0.2) is 84.9 Å². The van der Waals surface area contributed by atoms with Gasteiger partial charge in [0, 0.05) is 6.04 Å². The van der Waals surface area contributed by atoms with Gasteiger partial charge in [0.2, 0.25) is 0 Å². The van der Waals surface area contributed by atoms with Crippen molar-refractivity contribution in [2.45, 2.75) is 18.5 Å². The molecule has 1 atom stereocenters. The Morgan fingerprint density at radius 2 is 1.32 bits per heavy atom. The van der Waals surface area contributed by atoms with Crippen molar-refractivity contribution in [1.29, 1.82) is 0 Å². The number of carbonyl (C=O) groups is 1. The van der Waals surface area contributed by atoms with Crippen molar-refractivity contribution >= 4 is 5.97 Å². The van der Waals surface area contributed by atoms with Crippen LogP contribution in [0.1, 0.15) is 35.2 Å². The van der Waals surface area contributed by atoms with Gasteiger partial charge in [-0.2, -0.15) is 0 Å². The van der Waals surface area contributed by atoms with Crippen molar-refractivity contribution < 1.29 is 14.3 Å². The maximum absolute atomic E-state index is 12.1. The molecular weight excluding hydrogens is 350 g/mol. The summed E-state index contributed by atoms with van der Waals surface area (Å²) < 4.78 is 10.2. The Morgan fingerprint density at radius 1 is 0.786 bits per heavy atom. The normalized spacial score (nSPS) is 11.8. The molecule has 1 N–H and O–H groups in total. The average molecular weight is 375 g/mol. The molecule has 0 amide bonds. The highest BCUT2D eigenvalue weighted by atomic mass is 16.5. The lowest BCUT2D eigenvalue weighted by Crippen LogP contribution is -2.29. The topological polar surface area (TPSA) is 47.6 Å². The summed E-state index contributed by atoms with van der Waals surface area (Å²) in [6, 6.07) is 28.0. The molecule has 0 heterocycles. The van der Waals surface area contributed by atoms with E-state index in [0.29, 0.717) is 0 Å². The summed E-state index contributed by atoms with van der Waals surface area (Å²) >= 11 is 0. The number of nitrogens with one attached hydrogen (secondary N) is 1. The van der Waals surface area contributed by atoms with E-state index in [1.54, 1.807) is 7.11 Å². The number of hydrogen-bond acceptors (Lipinski definition) is 4. The summed E-state index contributed by atoms with van der Waals surface area (Å²) in [4.78, 5) is 12.1. The summed E-state index contributed by atoms with van der Waals surface area (Å²) in [7, 11) is 3.05. The zero-order valence-electron chi connectivity index (χ0n) is 16.2. The van der Waals surface area contributed by atoms with Gasteiger partial charge >= 0.3 is 5.97 Å². The van der Waals surface area contributed by atoms with E-state index in [9.17, 15) is 4.79 Å². The van der Waals surface area contributed by atoms with Gasteiger partial charge in [-0.3, -0.25) is 10.1 Å². The lowest BCUT2D eigenvalue weighted by Gasteiger charge is -2.27. The van der Waals surface area contributed by atoms with Gasteiger partial charge in [0.25, 0.3) is 0 Å². The van der Waals surface area contributed by atoms with Crippen molar-refractivity contribution in [3.63, 3.8) is 0 Å². The number of benzene rings is 3. The van der Waals surface area contributed by atoms with E-state index in [4.69, 9.17) is 9.47 Å². The number of carbonyl (C=O) groups excluding carboxylic acids is 1. The molecule has 0 bridgehead atoms. The van der Waals surface area contributed by atoms with E-state index in [1.807, 2.05) is 60.7 Å². The number of methoxy groups -OCH3 is 2. The van der Waals surface area contributed by atoms with Crippen LogP contribution in [0.2, 0.25) is 0 Å². The van der Waals surface area contributed by atoms with Crippen LogP contribution in [0.25, 0.3) is 0 Å². The monoisotopic (exact) mass is 375 g/mol. The first kappa shape index (κ1) is 19.6. The van der Waals surface area contributed by atoms with E-state index < -0.39 is 0 Å². The maximum Gasteiger partial charge on any atom is 0.307 e. The van der Waals surface area contributed by atoms with Crippen LogP contribution in [0, 0.1) is 0 Å². The molecule has 0 fully saturated rings. The lowest BCUT2D eigenvalue weighted by atomic mass is 9.95. The number of ether oxygens (including phenoxy) is 2. The van der Waals surface area contributed by atoms with Gasteiger partial charge < -0.3 is 9.47 Å². The third-order valence-electron chi connectivity index (χ3n) is 4.75. The second-order valence-corrected chi connectivity index (χ2v) is 6.53. The van der Waals surface area contributed by atoms with Crippen LogP contribution in [-0.2, 0) is 9.53 Å². The molecule has 0 aliphatic heterocycles. The summed E-state index contributed by atoms with van der Waals surface area (Å²) in [5.41, 5.74) is 3.28. The average Bonchev–Trinajstić information content (AvgIpc) is 2.77. The Balaban J connectivity index is 1.95. The zero-order valence-corrected chi connectivity index (χ0v) is 16.2. The van der Waals surface area contributed by atoms with E-state index >= 15 is 0 Å². The fraction of sp³-hybridized carbons (Fsp3) is 0.208. The van der Waals surface area contributed by atoms with Gasteiger partial charge in [-0.05, 0) is 28.8 Å². The SMILES string of the molecule is COC(=O)CC(NC(c1ccccc1)c1ccccc1)c1ccc(OC)cc1. The van der Waals surface area contributed by atoms with Gasteiger partial charge in [0.15, 0.2) is 0 Å². The third-order valence-corrected chi connectivity index (χ3v) is 4.75. The van der Waals surface area contributed by atoms with Crippen LogP contribution >= 0.6 is 0 Å². The molecule has 0 aliphatic carbocycles. The molecule has 28 heavy (non-hydrogen) atoms. The van der Waals surface area contributed by atoms with Gasteiger partial charge in [-0.25, -0.2) is 0 Å². The Labute approximate surface area is 166 Å². The van der Waals surface area contributed by atoms with Crippen molar-refractivity contribution in [3.8, 4) is 5.75 Å². The molecule has 0 radical (unpaired) electrons. The minimum Gasteiger partial charge on any atom is -0.497 e. The molecule has 3 aromatic carbocycles. The Bertz CT molecular complexity index is 824. The molecule has 0 aliphatic rings. The number of rotatable bonds is 8. The van der Waals surface area contributed by atoms with E-state index in [2.05, 4.69) is 29.6 Å². The molecule has 0 aromatic heterocycles. The van der Waals surface area contributed by atoms with Crippen molar-refractivity contribution in [1.82, 2.24) is 5.32 Å². The van der Waals surface area contributed by atoms with E-state index in [0.717, 1.165) is 22.4 Å². The van der Waals surface area contributed by atoms with Crippen molar-refractivity contribution in [2.75, 3.05) is 14.2 Å². The van der Waals surface area contributed by atoms with Crippen LogP contribution < -0.4 is 10.1 Å². The summed E-state index contributed by atoms with van der Waals surface area (Å²) in [6.45, 7) is 0. The van der Waals surface area contributed by atoms with Gasteiger partial charge in [0.05, 0.1) is 26.7 Å². The predicted octanol–water partition coefficient (Wildman–Crippen LogP) is 4.68. The Morgan fingerprint density at radius 3 is 1.79 bits per heavy atom. The second-order valence-electron chi connectivity index (χ2n) is 6.53. The Hall–Kier alpha value is -3.11. The molecule has 0 saturated heterocycles. The van der Waals surface area contributed by atoms with Crippen LogP contribution in [0.3, 0.4) is 0 Å². The van der Waals surface area contributed by atoms with Crippen molar-refractivity contribution in [2.24, 2.45) is 0 Å². The van der Waals surface area contributed by atoms with E-state index in [-0.39, 0.29) is 24.5 Å². The van der Waals surface area contributed by atoms with E-state index in [1.165, 1.54) is 7.11 Å². The standard InChI is InChI=1S/C24H25NO3/c1-27-21-15-13-18(14-16-21)22(17-23(26)28-2)25-24(19-9-5-3-6-10-19)20-11-7-4-8-12-20/h3-16,22,24-25H,17H2,1-2H3. The number of esters is 1. The lowest BCUT2D eigenvalue weighted by molar-refractivity contribution is -0.141. The molecular formula is C24H25NO3. The van der Waals surface area contributed by atoms with Crippen LogP contribution in [0.5, 0.6) is 5.75 Å². The third kappa shape index (κ3) is 4.99. The Kier molecular flexibility index (Phi) is 6.82. The van der Waals surface area contributed by atoms with Gasteiger partial charge in [0.1, 0.15) is 5.75 Å². The largest absolute Gasteiger partial charge is 0.497 e. The van der Waals surface area contributed by atoms with Gasteiger partial charge in [-0.1, -0.05) is 72.8 Å². The molecule has 144 valence electrons. The fourth-order valence-electron chi connectivity index (χ4n) is 3.24. The summed E-state index contributed by atoms with van der Waals surface area (Å²) in [5.74, 6) is 0.524. The molecule has 3 aromatic rings. The molecule has 4 heteroatoms. The molecule has 0 saturated carbocycles.